The Morgan fingerprint density at radius 3 is 2.63 bits per heavy atom. The number of nitrogens with one attached hydrogen (secondary N) is 1. The molecule has 1 amide bonds. The first-order valence-corrected chi connectivity index (χ1v) is 5.86. The van der Waals surface area contributed by atoms with Crippen LogP contribution in [0.4, 0.5) is 5.69 Å². The monoisotopic (exact) mass is 251 g/mol. The van der Waals surface area contributed by atoms with Crippen LogP contribution in [0.5, 0.6) is 0 Å². The second-order valence-corrected chi connectivity index (χ2v) is 3.86. The molecule has 0 fully saturated rings. The molecule has 0 aliphatic rings. The number of hydrogen-bond acceptors (Lipinski definition) is 2. The zero-order valence-electron chi connectivity index (χ0n) is 10.3. The van der Waals surface area contributed by atoms with Gasteiger partial charge in [0.25, 0.3) is 5.91 Å². The van der Waals surface area contributed by atoms with E-state index >= 15 is 0 Å². The minimum absolute atomic E-state index is 0.182. The number of anilines is 1. The van der Waals surface area contributed by atoms with Crippen molar-refractivity contribution in [2.45, 2.75) is 0 Å². The maximum atomic E-state index is 12.0. The Labute approximate surface area is 111 Å². The quantitative estimate of drug-likeness (QED) is 0.804. The van der Waals surface area contributed by atoms with Crippen LogP contribution >= 0.6 is 0 Å². The third-order valence-electron chi connectivity index (χ3n) is 2.47. The normalized spacial score (nSPS) is 9.32. The number of para-hydroxylation sites is 1. The molecule has 3 nitrogen and oxygen atoms in total. The molecule has 2 aromatic rings. The van der Waals surface area contributed by atoms with Gasteiger partial charge in [0, 0.05) is 16.8 Å². The van der Waals surface area contributed by atoms with Gasteiger partial charge in [-0.05, 0) is 30.3 Å². The number of carbonyl (C=O) groups excluding carboxylic acids is 1. The van der Waals surface area contributed by atoms with Crippen molar-refractivity contribution in [2.24, 2.45) is 0 Å². The molecule has 0 aliphatic carbocycles. The predicted molar refractivity (Wildman–Crippen MR) is 74.8 cm³/mol. The zero-order chi connectivity index (χ0) is 13.5. The summed E-state index contributed by atoms with van der Waals surface area (Å²) in [6.07, 6.45) is 0. The van der Waals surface area contributed by atoms with Crippen LogP contribution in [0.15, 0.2) is 54.6 Å². The van der Waals surface area contributed by atoms with E-state index < -0.39 is 0 Å². The molecular weight excluding hydrogens is 238 g/mol. The molecule has 0 aliphatic heterocycles. The molecule has 0 radical (unpaired) electrons. The van der Waals surface area contributed by atoms with E-state index in [2.05, 4.69) is 17.2 Å². The molecule has 2 rings (SSSR count). The summed E-state index contributed by atoms with van der Waals surface area (Å²) in [5.74, 6) is 5.15. The Balaban J connectivity index is 2.15. The second-order valence-electron chi connectivity index (χ2n) is 3.86. The average molecular weight is 251 g/mol. The fraction of sp³-hybridized carbons (Fsp3) is 0.0625. The number of aliphatic hydroxyl groups is 1. The summed E-state index contributed by atoms with van der Waals surface area (Å²) < 4.78 is 0. The largest absolute Gasteiger partial charge is 0.384 e. The molecule has 0 atom stereocenters. The third-order valence-corrected chi connectivity index (χ3v) is 2.47. The van der Waals surface area contributed by atoms with E-state index in [1.807, 2.05) is 30.3 Å². The smallest absolute Gasteiger partial charge is 0.255 e. The maximum Gasteiger partial charge on any atom is 0.255 e. The average Bonchev–Trinajstić information content (AvgIpc) is 2.46. The first kappa shape index (κ1) is 12.9. The van der Waals surface area contributed by atoms with Gasteiger partial charge in [-0.1, -0.05) is 36.1 Å². The Kier molecular flexibility index (Phi) is 4.33. The standard InChI is InChI=1S/C16H13NO2/c18-11-5-7-13-6-4-8-14(12-13)16(19)17-15-9-2-1-3-10-15/h1-4,6,8-10,12,18H,11H2,(H,17,19). The highest BCUT2D eigenvalue weighted by Crippen LogP contribution is 2.10. The van der Waals surface area contributed by atoms with Crippen LogP contribution in [0.2, 0.25) is 0 Å². The van der Waals surface area contributed by atoms with Crippen LogP contribution < -0.4 is 5.32 Å². The van der Waals surface area contributed by atoms with Gasteiger partial charge >= 0.3 is 0 Å². The first-order chi connectivity index (χ1) is 9.29. The molecule has 3 heteroatoms. The van der Waals surface area contributed by atoms with Gasteiger partial charge in [-0.2, -0.15) is 0 Å². The molecular formula is C16H13NO2. The lowest BCUT2D eigenvalue weighted by Crippen LogP contribution is -2.11. The summed E-state index contributed by atoms with van der Waals surface area (Å²) in [5, 5.41) is 11.5. The van der Waals surface area contributed by atoms with Crippen LogP contribution in [0.1, 0.15) is 15.9 Å². The van der Waals surface area contributed by atoms with Crippen LogP contribution in [0.25, 0.3) is 0 Å². The molecule has 2 aromatic carbocycles. The van der Waals surface area contributed by atoms with E-state index in [9.17, 15) is 4.79 Å². The van der Waals surface area contributed by atoms with Crippen molar-refractivity contribution in [3.63, 3.8) is 0 Å². The van der Waals surface area contributed by atoms with Gasteiger partial charge in [-0.15, -0.1) is 0 Å². The topological polar surface area (TPSA) is 49.3 Å². The van der Waals surface area contributed by atoms with Gasteiger partial charge in [0.2, 0.25) is 0 Å². The van der Waals surface area contributed by atoms with E-state index in [-0.39, 0.29) is 12.5 Å². The highest BCUT2D eigenvalue weighted by molar-refractivity contribution is 6.04. The van der Waals surface area contributed by atoms with E-state index in [0.29, 0.717) is 11.1 Å². The van der Waals surface area contributed by atoms with Crippen LogP contribution in [-0.2, 0) is 0 Å². The summed E-state index contributed by atoms with van der Waals surface area (Å²) >= 11 is 0. The van der Waals surface area contributed by atoms with Gasteiger partial charge in [0.15, 0.2) is 0 Å². The fourth-order valence-corrected chi connectivity index (χ4v) is 1.60. The van der Waals surface area contributed by atoms with Crippen molar-refractivity contribution in [3.8, 4) is 11.8 Å². The van der Waals surface area contributed by atoms with E-state index in [0.717, 1.165) is 5.69 Å². The Bertz CT molecular complexity index is 624. The number of benzene rings is 2. The van der Waals surface area contributed by atoms with Crippen molar-refractivity contribution in [2.75, 3.05) is 11.9 Å². The molecule has 94 valence electrons. The SMILES string of the molecule is O=C(Nc1ccccc1)c1cccc(C#CCO)c1. The summed E-state index contributed by atoms with van der Waals surface area (Å²) in [7, 11) is 0. The molecule has 0 bridgehead atoms. The molecule has 0 spiro atoms. The molecule has 0 unspecified atom stereocenters. The van der Waals surface area contributed by atoms with Crippen molar-refractivity contribution in [1.29, 1.82) is 0 Å². The van der Waals surface area contributed by atoms with Crippen molar-refractivity contribution in [3.05, 3.63) is 65.7 Å². The second kappa shape index (κ2) is 6.39. The number of hydrogen-bond donors (Lipinski definition) is 2. The highest BCUT2D eigenvalue weighted by Gasteiger charge is 2.05. The van der Waals surface area contributed by atoms with Gasteiger partial charge in [-0.3, -0.25) is 4.79 Å². The number of rotatable bonds is 2. The van der Waals surface area contributed by atoms with Gasteiger partial charge in [0.05, 0.1) is 0 Å². The number of amides is 1. The van der Waals surface area contributed by atoms with Gasteiger partial charge in [-0.25, -0.2) is 0 Å². The predicted octanol–water partition coefficient (Wildman–Crippen LogP) is 2.28. The lowest BCUT2D eigenvalue weighted by Gasteiger charge is -2.05. The highest BCUT2D eigenvalue weighted by atomic mass is 16.2. The molecule has 0 saturated heterocycles. The van der Waals surface area contributed by atoms with Crippen molar-refractivity contribution >= 4 is 11.6 Å². The summed E-state index contributed by atoms with van der Waals surface area (Å²) in [6, 6.07) is 16.2. The zero-order valence-corrected chi connectivity index (χ0v) is 10.3. The number of aliphatic hydroxyl groups excluding tert-OH is 1. The van der Waals surface area contributed by atoms with Crippen LogP contribution in [0.3, 0.4) is 0 Å². The minimum Gasteiger partial charge on any atom is -0.384 e. The summed E-state index contributed by atoms with van der Waals surface area (Å²) in [5.41, 5.74) is 1.99. The fourth-order valence-electron chi connectivity index (χ4n) is 1.60. The first-order valence-electron chi connectivity index (χ1n) is 5.86. The van der Waals surface area contributed by atoms with E-state index in [1.54, 1.807) is 24.3 Å². The lowest BCUT2D eigenvalue weighted by atomic mass is 10.1. The van der Waals surface area contributed by atoms with E-state index in [1.165, 1.54) is 0 Å². The van der Waals surface area contributed by atoms with Crippen molar-refractivity contribution in [1.82, 2.24) is 0 Å². The Hall–Kier alpha value is -2.57. The van der Waals surface area contributed by atoms with Crippen LogP contribution in [-0.4, -0.2) is 17.6 Å². The van der Waals surface area contributed by atoms with Crippen LogP contribution in [0, 0.1) is 11.8 Å². The van der Waals surface area contributed by atoms with E-state index in [4.69, 9.17) is 5.11 Å². The van der Waals surface area contributed by atoms with Gasteiger partial charge < -0.3 is 10.4 Å². The molecule has 2 N–H and O–H groups in total. The van der Waals surface area contributed by atoms with Gasteiger partial charge in [0.1, 0.15) is 6.61 Å². The third kappa shape index (κ3) is 3.70. The molecule has 0 heterocycles. The maximum absolute atomic E-state index is 12.0. The summed E-state index contributed by atoms with van der Waals surface area (Å²) in [4.78, 5) is 12.0. The molecule has 0 aromatic heterocycles. The van der Waals surface area contributed by atoms with Crippen molar-refractivity contribution < 1.29 is 9.90 Å². The minimum atomic E-state index is -0.194. The molecule has 0 saturated carbocycles. The Morgan fingerprint density at radius 1 is 1.11 bits per heavy atom. The summed E-state index contributed by atoms with van der Waals surface area (Å²) in [6.45, 7) is -0.194. The lowest BCUT2D eigenvalue weighted by molar-refractivity contribution is 0.102. The molecule has 19 heavy (non-hydrogen) atoms. The number of carbonyl (C=O) groups is 1. The Morgan fingerprint density at radius 2 is 1.89 bits per heavy atom.